The Hall–Kier alpha value is -3.49. The standard InChI is InChI=1S/C21H25N5O4/c1-3-5-13-26-19-18(20(28)24-21(26)29)25(12-4-2)16(23-19)14-30-17(27)7-6-15-8-10-22-11-9-15/h6-11H,3-5,12-14H2,1-2H3,(H,24,28,29)/b7-6+. The summed E-state index contributed by atoms with van der Waals surface area (Å²) >= 11 is 0. The molecule has 0 saturated heterocycles. The second kappa shape index (κ2) is 9.82. The van der Waals surface area contributed by atoms with Crippen molar-refractivity contribution in [2.75, 3.05) is 0 Å². The van der Waals surface area contributed by atoms with Crippen LogP contribution in [0, 0.1) is 0 Å². The van der Waals surface area contributed by atoms with E-state index in [1.54, 1.807) is 35.2 Å². The minimum atomic E-state index is -0.529. The lowest BCUT2D eigenvalue weighted by Crippen LogP contribution is -2.31. The number of aromatic amines is 1. The molecule has 0 aromatic carbocycles. The third kappa shape index (κ3) is 4.73. The Labute approximate surface area is 173 Å². The molecule has 0 bridgehead atoms. The van der Waals surface area contributed by atoms with Gasteiger partial charge in [-0.15, -0.1) is 0 Å². The van der Waals surface area contributed by atoms with Gasteiger partial charge in [-0.25, -0.2) is 14.6 Å². The Morgan fingerprint density at radius 1 is 1.13 bits per heavy atom. The highest BCUT2D eigenvalue weighted by atomic mass is 16.5. The fraction of sp³-hybridized carbons (Fsp3) is 0.381. The number of nitrogens with one attached hydrogen (secondary N) is 1. The van der Waals surface area contributed by atoms with Crippen LogP contribution in [-0.2, 0) is 29.2 Å². The van der Waals surface area contributed by atoms with E-state index in [2.05, 4.69) is 15.0 Å². The zero-order chi connectivity index (χ0) is 21.5. The van der Waals surface area contributed by atoms with Crippen LogP contribution < -0.4 is 11.2 Å². The van der Waals surface area contributed by atoms with Crippen LogP contribution in [0.4, 0.5) is 0 Å². The number of carbonyl (C=O) groups is 1. The van der Waals surface area contributed by atoms with Crippen molar-refractivity contribution in [3.05, 3.63) is 62.8 Å². The largest absolute Gasteiger partial charge is 0.454 e. The first-order chi connectivity index (χ1) is 14.5. The molecule has 3 aromatic rings. The summed E-state index contributed by atoms with van der Waals surface area (Å²) in [6.45, 7) is 4.87. The Morgan fingerprint density at radius 3 is 2.60 bits per heavy atom. The summed E-state index contributed by atoms with van der Waals surface area (Å²) in [5.41, 5.74) is 0.506. The number of pyridine rings is 1. The van der Waals surface area contributed by atoms with Gasteiger partial charge in [0.2, 0.25) is 0 Å². The Morgan fingerprint density at radius 2 is 1.90 bits per heavy atom. The lowest BCUT2D eigenvalue weighted by Gasteiger charge is -2.08. The van der Waals surface area contributed by atoms with E-state index >= 15 is 0 Å². The number of rotatable bonds is 9. The highest BCUT2D eigenvalue weighted by Gasteiger charge is 2.18. The molecule has 158 valence electrons. The van der Waals surface area contributed by atoms with Crippen LogP contribution in [0.15, 0.2) is 40.2 Å². The number of imidazole rings is 1. The van der Waals surface area contributed by atoms with E-state index in [1.165, 1.54) is 10.6 Å². The molecule has 0 spiro atoms. The average Bonchev–Trinajstić information content (AvgIpc) is 3.10. The molecule has 0 aliphatic carbocycles. The molecule has 9 heteroatoms. The van der Waals surface area contributed by atoms with Crippen LogP contribution in [0.2, 0.25) is 0 Å². The quantitative estimate of drug-likeness (QED) is 0.427. The van der Waals surface area contributed by atoms with Gasteiger partial charge < -0.3 is 9.30 Å². The number of unbranched alkanes of at least 4 members (excludes halogenated alkanes) is 1. The first kappa shape index (κ1) is 21.2. The Balaban J connectivity index is 1.89. The smallest absolute Gasteiger partial charge is 0.331 e. The zero-order valence-electron chi connectivity index (χ0n) is 17.1. The fourth-order valence-electron chi connectivity index (χ4n) is 3.14. The summed E-state index contributed by atoms with van der Waals surface area (Å²) in [4.78, 5) is 47.7. The highest BCUT2D eigenvalue weighted by molar-refractivity contribution is 5.87. The number of carbonyl (C=O) groups excluding carboxylic acids is 1. The Kier molecular flexibility index (Phi) is 6.95. The summed E-state index contributed by atoms with van der Waals surface area (Å²) in [7, 11) is 0. The van der Waals surface area contributed by atoms with Crippen molar-refractivity contribution < 1.29 is 9.53 Å². The van der Waals surface area contributed by atoms with Gasteiger partial charge in [-0.2, -0.15) is 0 Å². The van der Waals surface area contributed by atoms with Gasteiger partial charge in [0, 0.05) is 31.6 Å². The number of ether oxygens (including phenoxy) is 1. The van der Waals surface area contributed by atoms with E-state index in [1.807, 2.05) is 13.8 Å². The minimum Gasteiger partial charge on any atom is -0.454 e. The first-order valence-electron chi connectivity index (χ1n) is 10.0. The second-order valence-electron chi connectivity index (χ2n) is 6.84. The second-order valence-corrected chi connectivity index (χ2v) is 6.84. The van der Waals surface area contributed by atoms with Crippen LogP contribution >= 0.6 is 0 Å². The predicted molar refractivity (Wildman–Crippen MR) is 113 cm³/mol. The molecule has 3 aromatic heterocycles. The van der Waals surface area contributed by atoms with Crippen molar-refractivity contribution in [2.24, 2.45) is 0 Å². The van der Waals surface area contributed by atoms with E-state index in [0.29, 0.717) is 30.1 Å². The third-order valence-electron chi connectivity index (χ3n) is 4.61. The van der Waals surface area contributed by atoms with Crippen molar-refractivity contribution >= 4 is 23.2 Å². The Bertz CT molecular complexity index is 1160. The van der Waals surface area contributed by atoms with Gasteiger partial charge in [0.1, 0.15) is 12.4 Å². The van der Waals surface area contributed by atoms with E-state index in [9.17, 15) is 14.4 Å². The number of aromatic nitrogens is 5. The minimum absolute atomic E-state index is 0.102. The van der Waals surface area contributed by atoms with Gasteiger partial charge in [-0.05, 0) is 36.6 Å². The molecule has 0 aliphatic rings. The van der Waals surface area contributed by atoms with E-state index in [0.717, 1.165) is 24.8 Å². The van der Waals surface area contributed by atoms with Crippen LogP contribution in [0.5, 0.6) is 0 Å². The number of nitrogens with zero attached hydrogens (tertiary/aromatic N) is 4. The highest BCUT2D eigenvalue weighted by Crippen LogP contribution is 2.14. The maximum absolute atomic E-state index is 12.5. The van der Waals surface area contributed by atoms with Crippen LogP contribution in [0.25, 0.3) is 17.2 Å². The normalized spacial score (nSPS) is 11.4. The SMILES string of the molecule is CCCCn1c(=O)[nH]c(=O)c2c1nc(COC(=O)/C=C/c1ccncc1)n2CCC. The lowest BCUT2D eigenvalue weighted by molar-refractivity contribution is -0.139. The predicted octanol–water partition coefficient (Wildman–Crippen LogP) is 2.25. The molecule has 0 radical (unpaired) electrons. The van der Waals surface area contributed by atoms with Gasteiger partial charge >= 0.3 is 11.7 Å². The summed E-state index contributed by atoms with van der Waals surface area (Å²) in [5, 5.41) is 0. The average molecular weight is 411 g/mol. The number of esters is 1. The molecule has 1 N–H and O–H groups in total. The maximum atomic E-state index is 12.5. The molecule has 9 nitrogen and oxygen atoms in total. The molecular weight excluding hydrogens is 386 g/mol. The third-order valence-corrected chi connectivity index (χ3v) is 4.61. The number of hydrogen-bond donors (Lipinski definition) is 1. The monoisotopic (exact) mass is 411 g/mol. The van der Waals surface area contributed by atoms with E-state index in [-0.39, 0.29) is 6.61 Å². The molecule has 3 rings (SSSR count). The summed E-state index contributed by atoms with van der Waals surface area (Å²) in [6.07, 6.45) is 8.66. The van der Waals surface area contributed by atoms with Crippen molar-refractivity contribution in [2.45, 2.75) is 52.8 Å². The first-order valence-corrected chi connectivity index (χ1v) is 10.0. The molecule has 0 saturated carbocycles. The molecule has 0 unspecified atom stereocenters. The number of H-pyrrole nitrogens is 1. The van der Waals surface area contributed by atoms with E-state index < -0.39 is 17.2 Å². The topological polar surface area (TPSA) is 112 Å². The van der Waals surface area contributed by atoms with Crippen molar-refractivity contribution in [1.29, 1.82) is 0 Å². The van der Waals surface area contributed by atoms with Gasteiger partial charge in [-0.1, -0.05) is 20.3 Å². The maximum Gasteiger partial charge on any atom is 0.331 e. The number of hydrogen-bond acceptors (Lipinski definition) is 6. The molecule has 0 fully saturated rings. The van der Waals surface area contributed by atoms with Crippen molar-refractivity contribution in [3.63, 3.8) is 0 Å². The zero-order valence-corrected chi connectivity index (χ0v) is 17.1. The lowest BCUT2D eigenvalue weighted by atomic mass is 10.2. The van der Waals surface area contributed by atoms with Crippen molar-refractivity contribution in [3.8, 4) is 0 Å². The van der Waals surface area contributed by atoms with Gasteiger partial charge in [-0.3, -0.25) is 19.3 Å². The van der Waals surface area contributed by atoms with E-state index in [4.69, 9.17) is 4.74 Å². The summed E-state index contributed by atoms with van der Waals surface area (Å²) in [6, 6.07) is 3.54. The summed E-state index contributed by atoms with van der Waals surface area (Å²) < 4.78 is 8.52. The van der Waals surface area contributed by atoms with Gasteiger partial charge in [0.25, 0.3) is 5.56 Å². The summed E-state index contributed by atoms with van der Waals surface area (Å²) in [5.74, 6) is -0.0990. The molecule has 0 aliphatic heterocycles. The van der Waals surface area contributed by atoms with Gasteiger partial charge in [0.05, 0.1) is 0 Å². The molecular formula is C21H25N5O4. The van der Waals surface area contributed by atoms with Crippen molar-refractivity contribution in [1.82, 2.24) is 24.1 Å². The van der Waals surface area contributed by atoms with Crippen LogP contribution in [0.1, 0.15) is 44.5 Å². The molecule has 0 amide bonds. The molecule has 3 heterocycles. The fourth-order valence-corrected chi connectivity index (χ4v) is 3.14. The van der Waals surface area contributed by atoms with Crippen LogP contribution in [0.3, 0.4) is 0 Å². The van der Waals surface area contributed by atoms with Crippen LogP contribution in [-0.4, -0.2) is 30.1 Å². The number of aryl methyl sites for hydroxylation is 2. The number of fused-ring (bicyclic) bond motifs is 1. The molecule has 0 atom stereocenters. The van der Waals surface area contributed by atoms with Gasteiger partial charge in [0.15, 0.2) is 11.2 Å². The molecule has 30 heavy (non-hydrogen) atoms.